The van der Waals surface area contributed by atoms with Gasteiger partial charge in [0, 0.05) is 45.4 Å². The number of benzene rings is 2. The number of fused-ring (bicyclic) bond motifs is 1. The number of rotatable bonds is 9. The molecule has 2 amide bonds. The molecule has 0 radical (unpaired) electrons. The van der Waals surface area contributed by atoms with Crippen molar-refractivity contribution in [2.45, 2.75) is 56.3 Å². The monoisotopic (exact) mass is 662 g/mol. The average Bonchev–Trinajstić information content (AvgIpc) is 2.97. The lowest BCUT2D eigenvalue weighted by molar-refractivity contribution is -0.616. The molecule has 2 heterocycles. The highest BCUT2D eigenvalue weighted by Crippen LogP contribution is 2.50. The quantitative estimate of drug-likeness (QED) is 0.200. The number of nitrogens with one attached hydrogen (secondary N) is 2. The van der Waals surface area contributed by atoms with E-state index in [2.05, 4.69) is 10.2 Å². The molecule has 0 saturated heterocycles. The number of nitrogens with zero attached hydrogens (tertiary/aromatic N) is 2. The lowest BCUT2D eigenvalue weighted by Gasteiger charge is -2.49. The topological polar surface area (TPSA) is 141 Å². The number of aromatic nitrogens is 1. The summed E-state index contributed by atoms with van der Waals surface area (Å²) in [6.07, 6.45) is 4.89. The van der Waals surface area contributed by atoms with Crippen LogP contribution in [0.15, 0.2) is 60.8 Å². The summed E-state index contributed by atoms with van der Waals surface area (Å²) in [4.78, 5) is 35.8. The molecule has 2 aliphatic rings. The van der Waals surface area contributed by atoms with Gasteiger partial charge in [0.2, 0.25) is 15.7 Å². The van der Waals surface area contributed by atoms with Crippen LogP contribution >= 0.6 is 23.2 Å². The number of hydrogen-bond acceptors (Lipinski definition) is 7. The third-order valence-corrected chi connectivity index (χ3v) is 9.28. The third kappa shape index (κ3) is 6.64. The Morgan fingerprint density at radius 2 is 1.89 bits per heavy atom. The molecule has 11 nitrogen and oxygen atoms in total. The van der Waals surface area contributed by atoms with Crippen LogP contribution in [0.4, 0.5) is 0 Å². The van der Waals surface area contributed by atoms with E-state index in [1.165, 1.54) is 19.4 Å². The summed E-state index contributed by atoms with van der Waals surface area (Å²) < 4.78 is 33.8. The number of hydrogen-bond donors (Lipinski definition) is 2. The zero-order valence-corrected chi connectivity index (χ0v) is 26.4. The fraction of sp³-hybridized carbons (Fsp3) is 0.367. The lowest BCUT2D eigenvalue weighted by Crippen LogP contribution is -2.59. The van der Waals surface area contributed by atoms with Gasteiger partial charge in [-0.2, -0.15) is 4.73 Å². The van der Waals surface area contributed by atoms with Crippen molar-refractivity contribution in [3.8, 4) is 5.75 Å². The zero-order valence-electron chi connectivity index (χ0n) is 24.0. The van der Waals surface area contributed by atoms with Crippen LogP contribution in [0.3, 0.4) is 0 Å². The van der Waals surface area contributed by atoms with Gasteiger partial charge in [0.05, 0.1) is 25.3 Å². The summed E-state index contributed by atoms with van der Waals surface area (Å²) in [6, 6.07) is 12.3. The number of amides is 2. The molecule has 5 rings (SSSR count). The Morgan fingerprint density at radius 1 is 1.11 bits per heavy atom. The Bertz CT molecular complexity index is 1670. The third-order valence-electron chi connectivity index (χ3n) is 7.99. The largest absolute Gasteiger partial charge is 0.618 e. The smallest absolute Gasteiger partial charge is 0.255 e. The van der Waals surface area contributed by atoms with Crippen molar-refractivity contribution in [1.29, 1.82) is 0 Å². The second-order valence-corrected chi connectivity index (χ2v) is 13.5. The highest BCUT2D eigenvalue weighted by Gasteiger charge is 2.50. The number of hydroxylamine groups is 1. The van der Waals surface area contributed by atoms with Gasteiger partial charge in [-0.15, -0.1) is 0 Å². The number of halogens is 2. The van der Waals surface area contributed by atoms with Crippen molar-refractivity contribution in [1.82, 2.24) is 15.1 Å². The SMILES string of the molecule is COc1cccc2c1[C@@H](C(=O)NOCc1cccc[n+]1[O-])[C@H](c1ccc(Cl)cc1Cl)N(C1CCCC[C@@H]1NS(C)(=O)=O)C2=O. The minimum Gasteiger partial charge on any atom is -0.618 e. The van der Waals surface area contributed by atoms with Gasteiger partial charge in [-0.05, 0) is 48.7 Å². The lowest BCUT2D eigenvalue weighted by atomic mass is 9.76. The molecule has 1 aliphatic carbocycles. The van der Waals surface area contributed by atoms with Gasteiger partial charge in [-0.3, -0.25) is 14.4 Å². The maximum absolute atomic E-state index is 14.5. The maximum atomic E-state index is 14.5. The molecule has 4 atom stereocenters. The van der Waals surface area contributed by atoms with Crippen LogP contribution in [0, 0.1) is 5.21 Å². The van der Waals surface area contributed by atoms with E-state index in [4.69, 9.17) is 32.8 Å². The van der Waals surface area contributed by atoms with Gasteiger partial charge in [0.1, 0.15) is 5.75 Å². The molecule has 0 bridgehead atoms. The van der Waals surface area contributed by atoms with Gasteiger partial charge < -0.3 is 14.8 Å². The fourth-order valence-corrected chi connectivity index (χ4v) is 7.54. The molecule has 14 heteroatoms. The van der Waals surface area contributed by atoms with Crippen molar-refractivity contribution in [2.24, 2.45) is 0 Å². The van der Waals surface area contributed by atoms with E-state index in [0.717, 1.165) is 19.1 Å². The van der Waals surface area contributed by atoms with E-state index < -0.39 is 45.9 Å². The van der Waals surface area contributed by atoms with E-state index in [9.17, 15) is 23.2 Å². The molecule has 3 aromatic rings. The molecule has 1 aliphatic heterocycles. The predicted octanol–water partition coefficient (Wildman–Crippen LogP) is 4.02. The van der Waals surface area contributed by atoms with Crippen LogP contribution in [0.25, 0.3) is 0 Å². The van der Waals surface area contributed by atoms with E-state index in [-0.39, 0.29) is 22.9 Å². The molecule has 1 fully saturated rings. The van der Waals surface area contributed by atoms with Crippen LogP contribution < -0.4 is 19.7 Å². The van der Waals surface area contributed by atoms with E-state index in [1.54, 1.807) is 53.4 Å². The summed E-state index contributed by atoms with van der Waals surface area (Å²) in [6.45, 7) is -0.223. The molecular weight excluding hydrogens is 631 g/mol. The first kappa shape index (κ1) is 32.0. The van der Waals surface area contributed by atoms with Crippen LogP contribution in [-0.2, 0) is 26.3 Å². The predicted molar refractivity (Wildman–Crippen MR) is 163 cm³/mol. The molecule has 1 saturated carbocycles. The number of sulfonamides is 1. The van der Waals surface area contributed by atoms with Crippen LogP contribution in [0.2, 0.25) is 10.0 Å². The first-order chi connectivity index (χ1) is 21.0. The van der Waals surface area contributed by atoms with Gasteiger partial charge >= 0.3 is 0 Å². The van der Waals surface area contributed by atoms with Crippen molar-refractivity contribution in [3.63, 3.8) is 0 Å². The Hall–Kier alpha value is -3.42. The van der Waals surface area contributed by atoms with Crippen molar-refractivity contribution >= 4 is 45.0 Å². The first-order valence-electron chi connectivity index (χ1n) is 14.0. The number of pyridine rings is 1. The summed E-state index contributed by atoms with van der Waals surface area (Å²) in [5.41, 5.74) is 3.73. The highest BCUT2D eigenvalue weighted by atomic mass is 35.5. The summed E-state index contributed by atoms with van der Waals surface area (Å²) in [7, 11) is -2.19. The van der Waals surface area contributed by atoms with Gasteiger partial charge in [-0.1, -0.05) is 48.2 Å². The van der Waals surface area contributed by atoms with Crippen LogP contribution in [0.5, 0.6) is 5.75 Å². The number of carbonyl (C=O) groups excluding carboxylic acids is 2. The molecule has 2 N–H and O–H groups in total. The molecule has 0 spiro atoms. The number of carbonyl (C=O) groups is 2. The fourth-order valence-electron chi connectivity index (χ4n) is 6.19. The van der Waals surface area contributed by atoms with Crippen LogP contribution in [-0.4, -0.2) is 50.6 Å². The van der Waals surface area contributed by atoms with Crippen LogP contribution in [0.1, 0.15) is 64.8 Å². The van der Waals surface area contributed by atoms with Gasteiger partial charge in [0.25, 0.3) is 11.8 Å². The molecule has 2 aromatic carbocycles. The molecular formula is C30H32Cl2N4O7S. The molecule has 1 unspecified atom stereocenters. The van der Waals surface area contributed by atoms with Crippen molar-refractivity contribution in [3.05, 3.63) is 98.4 Å². The van der Waals surface area contributed by atoms with E-state index >= 15 is 0 Å². The Labute approximate surface area is 265 Å². The summed E-state index contributed by atoms with van der Waals surface area (Å²) in [5, 5.41) is 12.7. The Kier molecular flexibility index (Phi) is 9.66. The maximum Gasteiger partial charge on any atom is 0.255 e. The van der Waals surface area contributed by atoms with E-state index in [1.807, 2.05) is 0 Å². The average molecular weight is 664 g/mol. The molecule has 44 heavy (non-hydrogen) atoms. The minimum atomic E-state index is -3.63. The number of methoxy groups -OCH3 is 1. The first-order valence-corrected chi connectivity index (χ1v) is 16.7. The second kappa shape index (κ2) is 13.3. The number of ether oxygens (including phenoxy) is 1. The standard InChI is InChI=1S/C30H32Cl2N4O7S/c1-42-25-12-7-9-21-26(25)27(29(37)33-43-17-19-8-5-6-15-35(19)39)28(20-14-13-18(31)16-22(20)32)36(30(21)38)24-11-4-3-10-23(24)34-44(2,40)41/h5-9,12-16,23-24,27-28,34H,3-4,10-11,17H2,1-2H3,(H,33,37)/t23-,24?,27+,28-/m0/s1. The zero-order chi connectivity index (χ0) is 31.6. The van der Waals surface area contributed by atoms with Gasteiger partial charge in [-0.25, -0.2) is 18.6 Å². The normalized spacial score (nSPS) is 21.9. The van der Waals surface area contributed by atoms with E-state index in [0.29, 0.717) is 39.5 Å². The Morgan fingerprint density at radius 3 is 2.59 bits per heavy atom. The summed E-state index contributed by atoms with van der Waals surface area (Å²) >= 11 is 13.0. The van der Waals surface area contributed by atoms with Crippen molar-refractivity contribution in [2.75, 3.05) is 13.4 Å². The molecule has 1 aromatic heterocycles. The summed E-state index contributed by atoms with van der Waals surface area (Å²) in [5.74, 6) is -1.83. The highest BCUT2D eigenvalue weighted by molar-refractivity contribution is 7.88. The molecule has 234 valence electrons. The minimum absolute atomic E-state index is 0.220. The van der Waals surface area contributed by atoms with Gasteiger partial charge in [0.15, 0.2) is 12.8 Å². The second-order valence-electron chi connectivity index (χ2n) is 10.8. The van der Waals surface area contributed by atoms with Crippen molar-refractivity contribution < 1.29 is 32.3 Å². The Balaban J connectivity index is 1.65.